The molecule has 1 heterocycles. The van der Waals surface area contributed by atoms with Crippen molar-refractivity contribution in [2.45, 2.75) is 56.5 Å². The van der Waals surface area contributed by atoms with Gasteiger partial charge in [-0.15, -0.1) is 0 Å². The maximum atomic E-state index is 6.45. The van der Waals surface area contributed by atoms with Gasteiger partial charge in [0.05, 0.1) is 6.61 Å². The van der Waals surface area contributed by atoms with Gasteiger partial charge in [0.15, 0.2) is 0 Å². The molecule has 1 unspecified atom stereocenters. The third-order valence-corrected chi connectivity index (χ3v) is 4.34. The van der Waals surface area contributed by atoms with Crippen LogP contribution in [-0.4, -0.2) is 43.3 Å². The topological polar surface area (TPSA) is 38.5 Å². The lowest BCUT2D eigenvalue weighted by Gasteiger charge is -2.35. The Balaban J connectivity index is 1.72. The van der Waals surface area contributed by atoms with E-state index in [-0.39, 0.29) is 5.54 Å². The second kappa shape index (κ2) is 5.48. The molecule has 0 spiro atoms. The van der Waals surface area contributed by atoms with Crippen molar-refractivity contribution >= 4 is 0 Å². The third kappa shape index (κ3) is 3.19. The maximum Gasteiger partial charge on any atom is 0.0622 e. The minimum Gasteiger partial charge on any atom is -0.380 e. The average Bonchev–Trinajstić information content (AvgIpc) is 2.80. The Hall–Kier alpha value is -0.120. The largest absolute Gasteiger partial charge is 0.380 e. The van der Waals surface area contributed by atoms with Gasteiger partial charge >= 0.3 is 0 Å². The van der Waals surface area contributed by atoms with Crippen LogP contribution in [0, 0.1) is 0 Å². The van der Waals surface area contributed by atoms with E-state index in [1.54, 1.807) is 0 Å². The number of nitrogens with zero attached hydrogens (tertiary/aromatic N) is 1. The van der Waals surface area contributed by atoms with Crippen LogP contribution in [0.4, 0.5) is 0 Å². The summed E-state index contributed by atoms with van der Waals surface area (Å²) in [5.74, 6) is 0. The summed E-state index contributed by atoms with van der Waals surface area (Å²) in [6.07, 6.45) is 8.82. The minimum absolute atomic E-state index is 0.131. The van der Waals surface area contributed by atoms with E-state index in [1.807, 2.05) is 0 Å². The van der Waals surface area contributed by atoms with E-state index < -0.39 is 0 Å². The Morgan fingerprint density at radius 3 is 2.69 bits per heavy atom. The first-order chi connectivity index (χ1) is 7.70. The highest BCUT2D eigenvalue weighted by Crippen LogP contribution is 2.29. The maximum absolute atomic E-state index is 6.45. The summed E-state index contributed by atoms with van der Waals surface area (Å²) in [7, 11) is 2.21. The molecule has 94 valence electrons. The lowest BCUT2D eigenvalue weighted by atomic mass is 9.80. The summed E-state index contributed by atoms with van der Waals surface area (Å²) >= 11 is 0. The summed E-state index contributed by atoms with van der Waals surface area (Å²) in [6, 6.07) is 0.632. The molecule has 0 bridgehead atoms. The third-order valence-electron chi connectivity index (χ3n) is 4.34. The molecule has 1 aliphatic heterocycles. The van der Waals surface area contributed by atoms with E-state index in [9.17, 15) is 0 Å². The van der Waals surface area contributed by atoms with E-state index in [1.165, 1.54) is 38.5 Å². The number of likely N-dealkylation sites (N-methyl/N-ethyl adjacent to an activating group) is 1. The van der Waals surface area contributed by atoms with Gasteiger partial charge in [-0.2, -0.15) is 0 Å². The van der Waals surface area contributed by atoms with Crippen molar-refractivity contribution in [2.24, 2.45) is 5.73 Å². The molecule has 0 amide bonds. The Labute approximate surface area is 99.3 Å². The van der Waals surface area contributed by atoms with Crippen molar-refractivity contribution in [3.8, 4) is 0 Å². The highest BCUT2D eigenvalue weighted by atomic mass is 16.5. The zero-order valence-electron chi connectivity index (χ0n) is 10.6. The molecule has 0 aromatic carbocycles. The van der Waals surface area contributed by atoms with Gasteiger partial charge in [-0.1, -0.05) is 19.3 Å². The molecule has 2 fully saturated rings. The molecule has 3 heteroatoms. The number of rotatable bonds is 4. The van der Waals surface area contributed by atoms with Crippen LogP contribution in [0.25, 0.3) is 0 Å². The molecule has 1 saturated heterocycles. The van der Waals surface area contributed by atoms with Crippen molar-refractivity contribution < 1.29 is 4.74 Å². The van der Waals surface area contributed by atoms with Crippen LogP contribution in [0.2, 0.25) is 0 Å². The Morgan fingerprint density at radius 2 is 2.06 bits per heavy atom. The highest BCUT2D eigenvalue weighted by molar-refractivity contribution is 4.88. The normalized spacial score (nSPS) is 29.8. The van der Waals surface area contributed by atoms with E-state index in [4.69, 9.17) is 10.5 Å². The standard InChI is InChI=1S/C13H26N2O/c1-15(12-5-10-16-11-12)9-8-13(14)6-3-2-4-7-13/h12H,2-11,14H2,1H3. The van der Waals surface area contributed by atoms with E-state index >= 15 is 0 Å². The first kappa shape index (κ1) is 12.3. The van der Waals surface area contributed by atoms with Crippen LogP contribution in [0.1, 0.15) is 44.9 Å². The smallest absolute Gasteiger partial charge is 0.0622 e. The molecule has 1 aliphatic carbocycles. The van der Waals surface area contributed by atoms with Crippen molar-refractivity contribution in [1.82, 2.24) is 4.90 Å². The predicted octanol–water partition coefficient (Wildman–Crippen LogP) is 1.76. The Kier molecular flexibility index (Phi) is 4.22. The van der Waals surface area contributed by atoms with Crippen molar-refractivity contribution in [3.63, 3.8) is 0 Å². The molecule has 16 heavy (non-hydrogen) atoms. The van der Waals surface area contributed by atoms with E-state index in [0.717, 1.165) is 26.2 Å². The Morgan fingerprint density at radius 1 is 1.31 bits per heavy atom. The molecule has 0 aromatic heterocycles. The molecule has 1 atom stereocenters. The monoisotopic (exact) mass is 226 g/mol. The summed E-state index contributed by atoms with van der Waals surface area (Å²) < 4.78 is 5.42. The molecule has 2 rings (SSSR count). The highest BCUT2D eigenvalue weighted by Gasteiger charge is 2.28. The zero-order chi connectivity index (χ0) is 11.4. The quantitative estimate of drug-likeness (QED) is 0.794. The summed E-state index contributed by atoms with van der Waals surface area (Å²) in [5, 5.41) is 0. The lowest BCUT2D eigenvalue weighted by Crippen LogP contribution is -2.45. The van der Waals surface area contributed by atoms with Crippen LogP contribution < -0.4 is 5.73 Å². The fourth-order valence-electron chi connectivity index (χ4n) is 2.96. The zero-order valence-corrected chi connectivity index (χ0v) is 10.6. The number of ether oxygens (including phenoxy) is 1. The van der Waals surface area contributed by atoms with Crippen molar-refractivity contribution in [1.29, 1.82) is 0 Å². The molecular weight excluding hydrogens is 200 g/mol. The average molecular weight is 226 g/mol. The van der Waals surface area contributed by atoms with Crippen LogP contribution in [0.3, 0.4) is 0 Å². The summed E-state index contributed by atoms with van der Waals surface area (Å²) in [5.41, 5.74) is 6.58. The Bertz CT molecular complexity index is 208. The van der Waals surface area contributed by atoms with E-state index in [0.29, 0.717) is 6.04 Å². The molecule has 0 aromatic rings. The number of hydrogen-bond acceptors (Lipinski definition) is 3. The second-order valence-corrected chi connectivity index (χ2v) is 5.67. The van der Waals surface area contributed by atoms with Crippen LogP contribution >= 0.6 is 0 Å². The summed E-state index contributed by atoms with van der Waals surface area (Å²) in [6.45, 7) is 2.97. The van der Waals surface area contributed by atoms with Gasteiger partial charge in [0.25, 0.3) is 0 Å². The van der Waals surface area contributed by atoms with Gasteiger partial charge in [0.2, 0.25) is 0 Å². The van der Waals surface area contributed by atoms with E-state index in [2.05, 4.69) is 11.9 Å². The SMILES string of the molecule is CN(CCC1(N)CCCCC1)C1CCOC1. The van der Waals surface area contributed by atoms with Gasteiger partial charge in [-0.3, -0.25) is 0 Å². The lowest BCUT2D eigenvalue weighted by molar-refractivity contribution is 0.148. The predicted molar refractivity (Wildman–Crippen MR) is 66.5 cm³/mol. The fraction of sp³-hybridized carbons (Fsp3) is 1.00. The molecule has 0 radical (unpaired) electrons. The number of hydrogen-bond donors (Lipinski definition) is 1. The van der Waals surface area contributed by atoms with Gasteiger partial charge in [0.1, 0.15) is 0 Å². The van der Waals surface area contributed by atoms with Gasteiger partial charge in [0, 0.05) is 18.2 Å². The van der Waals surface area contributed by atoms with Crippen molar-refractivity contribution in [3.05, 3.63) is 0 Å². The summed E-state index contributed by atoms with van der Waals surface area (Å²) in [4.78, 5) is 2.44. The van der Waals surface area contributed by atoms with Crippen LogP contribution in [0.5, 0.6) is 0 Å². The molecule has 1 saturated carbocycles. The van der Waals surface area contributed by atoms with Crippen LogP contribution in [-0.2, 0) is 4.74 Å². The van der Waals surface area contributed by atoms with Crippen molar-refractivity contribution in [2.75, 3.05) is 26.8 Å². The first-order valence-corrected chi connectivity index (χ1v) is 6.76. The second-order valence-electron chi connectivity index (χ2n) is 5.67. The number of nitrogens with two attached hydrogens (primary N) is 1. The van der Waals surface area contributed by atoms with Gasteiger partial charge in [-0.05, 0) is 39.3 Å². The molecule has 2 aliphatic rings. The van der Waals surface area contributed by atoms with Gasteiger partial charge in [-0.25, -0.2) is 0 Å². The van der Waals surface area contributed by atoms with Gasteiger partial charge < -0.3 is 15.4 Å². The minimum atomic E-state index is 0.131. The molecule has 2 N–H and O–H groups in total. The molecule has 3 nitrogen and oxygen atoms in total. The van der Waals surface area contributed by atoms with Crippen LogP contribution in [0.15, 0.2) is 0 Å². The fourth-order valence-corrected chi connectivity index (χ4v) is 2.96. The first-order valence-electron chi connectivity index (χ1n) is 6.76. The molecular formula is C13H26N2O.